The van der Waals surface area contributed by atoms with Gasteiger partial charge in [0.15, 0.2) is 0 Å². The van der Waals surface area contributed by atoms with Crippen molar-refractivity contribution in [2.24, 2.45) is 0 Å². The number of carbonyl (C=O) groups excluding carboxylic acids is 1. The van der Waals surface area contributed by atoms with Gasteiger partial charge in [-0.15, -0.1) is 10.1 Å². The third-order valence-corrected chi connectivity index (χ3v) is 5.03. The number of anilines is 3. The molecule has 0 aliphatic rings. The molecule has 0 bridgehead atoms. The van der Waals surface area contributed by atoms with E-state index in [1.165, 1.54) is 0 Å². The highest BCUT2D eigenvalue weighted by molar-refractivity contribution is 5.78. The van der Waals surface area contributed by atoms with E-state index in [1.54, 1.807) is 42.9 Å². The van der Waals surface area contributed by atoms with Crippen LogP contribution in [-0.2, 0) is 16.2 Å². The van der Waals surface area contributed by atoms with Crippen molar-refractivity contribution in [3.05, 3.63) is 100 Å². The van der Waals surface area contributed by atoms with E-state index in [1.807, 2.05) is 43.3 Å². The second-order valence-corrected chi connectivity index (χ2v) is 7.63. The van der Waals surface area contributed by atoms with Gasteiger partial charge in [0.25, 0.3) is 5.09 Å². The van der Waals surface area contributed by atoms with Gasteiger partial charge >= 0.3 is 5.97 Å². The molecule has 0 radical (unpaired) electrons. The fourth-order valence-electron chi connectivity index (χ4n) is 3.20. The molecule has 0 saturated carbocycles. The van der Waals surface area contributed by atoms with E-state index in [2.05, 4.69) is 30.4 Å². The third-order valence-electron chi connectivity index (χ3n) is 5.03. The molecule has 4 rings (SSSR count). The van der Waals surface area contributed by atoms with Crippen molar-refractivity contribution in [1.29, 1.82) is 0 Å². The van der Waals surface area contributed by atoms with Crippen molar-refractivity contribution in [3.63, 3.8) is 0 Å². The van der Waals surface area contributed by atoms with Crippen LogP contribution in [0.25, 0.3) is 11.3 Å². The molecule has 11 heteroatoms. The van der Waals surface area contributed by atoms with Crippen LogP contribution in [0.15, 0.2) is 79.3 Å². The molecule has 2 aromatic heterocycles. The number of aromatic nitrogens is 3. The summed E-state index contributed by atoms with van der Waals surface area (Å²) in [6, 6.07) is 17.5. The molecule has 0 unspecified atom stereocenters. The lowest BCUT2D eigenvalue weighted by atomic mass is 10.2. The summed E-state index contributed by atoms with van der Waals surface area (Å²) in [7, 11) is 0. The van der Waals surface area contributed by atoms with Gasteiger partial charge in [-0.3, -0.25) is 4.98 Å². The van der Waals surface area contributed by atoms with E-state index in [0.717, 1.165) is 22.5 Å². The van der Waals surface area contributed by atoms with E-state index in [0.29, 0.717) is 22.9 Å². The van der Waals surface area contributed by atoms with Gasteiger partial charge in [0.1, 0.15) is 18.9 Å². The SMILES string of the molecule is Cc1ccc(NCC(=O)Oc2ccc(CO[N+](=O)[O-])cc2)cc1Nc1nccc(-c2cccnc2)n1. The first-order valence-electron chi connectivity index (χ1n) is 10.9. The first-order chi connectivity index (χ1) is 17.5. The Balaban J connectivity index is 1.35. The second-order valence-electron chi connectivity index (χ2n) is 7.63. The van der Waals surface area contributed by atoms with E-state index < -0.39 is 11.1 Å². The number of nitrogens with zero attached hydrogens (tertiary/aromatic N) is 4. The summed E-state index contributed by atoms with van der Waals surface area (Å²) >= 11 is 0. The summed E-state index contributed by atoms with van der Waals surface area (Å²) in [6.45, 7) is 1.71. The van der Waals surface area contributed by atoms with Crippen LogP contribution in [0.2, 0.25) is 0 Å². The zero-order valence-electron chi connectivity index (χ0n) is 19.2. The number of carbonyl (C=O) groups is 1. The number of hydrogen-bond donors (Lipinski definition) is 2. The number of aryl methyl sites for hydroxylation is 1. The van der Waals surface area contributed by atoms with Gasteiger partial charge in [0, 0.05) is 35.5 Å². The van der Waals surface area contributed by atoms with Gasteiger partial charge in [0.2, 0.25) is 5.95 Å². The molecule has 2 heterocycles. The minimum Gasteiger partial charge on any atom is -0.425 e. The quantitative estimate of drug-likeness (QED) is 0.144. The minimum atomic E-state index is -0.863. The molecule has 4 aromatic rings. The monoisotopic (exact) mass is 486 g/mol. The Hall–Kier alpha value is -5.06. The van der Waals surface area contributed by atoms with Crippen molar-refractivity contribution >= 4 is 23.3 Å². The molecule has 0 amide bonds. The number of hydrogen-bond acceptors (Lipinski definition) is 10. The van der Waals surface area contributed by atoms with Crippen molar-refractivity contribution in [2.45, 2.75) is 13.5 Å². The van der Waals surface area contributed by atoms with Crippen molar-refractivity contribution < 1.29 is 19.5 Å². The van der Waals surface area contributed by atoms with Crippen LogP contribution in [0.4, 0.5) is 17.3 Å². The predicted octanol–water partition coefficient (Wildman–Crippen LogP) is 4.32. The average molecular weight is 486 g/mol. The van der Waals surface area contributed by atoms with Crippen LogP contribution in [0.1, 0.15) is 11.1 Å². The minimum absolute atomic E-state index is 0.0678. The number of esters is 1. The summed E-state index contributed by atoms with van der Waals surface area (Å²) < 4.78 is 5.30. The second kappa shape index (κ2) is 11.4. The maximum absolute atomic E-state index is 12.3. The highest BCUT2D eigenvalue weighted by Gasteiger charge is 2.09. The van der Waals surface area contributed by atoms with E-state index in [-0.39, 0.29) is 13.2 Å². The molecule has 2 aromatic carbocycles. The molecule has 0 saturated heterocycles. The van der Waals surface area contributed by atoms with E-state index >= 15 is 0 Å². The van der Waals surface area contributed by atoms with E-state index in [9.17, 15) is 14.9 Å². The van der Waals surface area contributed by atoms with Crippen molar-refractivity contribution in [3.8, 4) is 17.0 Å². The Morgan fingerprint density at radius 3 is 2.67 bits per heavy atom. The van der Waals surface area contributed by atoms with Crippen LogP contribution < -0.4 is 15.4 Å². The summed E-state index contributed by atoms with van der Waals surface area (Å²) in [5, 5.41) is 15.7. The fourth-order valence-corrected chi connectivity index (χ4v) is 3.20. The Kier molecular flexibility index (Phi) is 7.61. The number of rotatable bonds is 10. The van der Waals surface area contributed by atoms with Crippen molar-refractivity contribution in [1.82, 2.24) is 15.0 Å². The first kappa shape index (κ1) is 24.1. The van der Waals surface area contributed by atoms with Gasteiger partial charge in [-0.1, -0.05) is 18.2 Å². The molecule has 0 spiro atoms. The van der Waals surface area contributed by atoms with Gasteiger partial charge < -0.3 is 20.2 Å². The standard InChI is InChI=1S/C25H22N6O5/c1-17-4-7-20(28-15-24(32)36-21-8-5-18(6-9-21)16-35-31(33)34)13-23(17)30-25-27-12-10-22(29-25)19-3-2-11-26-14-19/h2-14,28H,15-16H2,1H3,(H,27,29,30). The van der Waals surface area contributed by atoms with Crippen LogP contribution >= 0.6 is 0 Å². The Labute approximate surface area is 206 Å². The predicted molar refractivity (Wildman–Crippen MR) is 132 cm³/mol. The molecule has 0 aliphatic carbocycles. The normalized spacial score (nSPS) is 10.4. The summed E-state index contributed by atoms with van der Waals surface area (Å²) in [4.78, 5) is 39.8. The Bertz CT molecular complexity index is 1350. The Morgan fingerprint density at radius 2 is 1.92 bits per heavy atom. The molecule has 0 aliphatic heterocycles. The summed E-state index contributed by atoms with van der Waals surface area (Å²) in [5.74, 6) is 0.263. The van der Waals surface area contributed by atoms with Gasteiger partial charge in [-0.25, -0.2) is 14.8 Å². The third kappa shape index (κ3) is 6.73. The summed E-state index contributed by atoms with van der Waals surface area (Å²) in [5.41, 5.74) is 4.67. The molecule has 0 atom stereocenters. The maximum Gasteiger partial charge on any atom is 0.330 e. The zero-order chi connectivity index (χ0) is 25.3. The number of pyridine rings is 1. The van der Waals surface area contributed by atoms with Gasteiger partial charge in [0.05, 0.1) is 5.69 Å². The van der Waals surface area contributed by atoms with Gasteiger partial charge in [-0.05, 0) is 60.5 Å². The largest absolute Gasteiger partial charge is 0.425 e. The number of nitrogens with one attached hydrogen (secondary N) is 2. The van der Waals surface area contributed by atoms with E-state index in [4.69, 9.17) is 4.74 Å². The maximum atomic E-state index is 12.3. The zero-order valence-corrected chi connectivity index (χ0v) is 19.2. The summed E-state index contributed by atoms with van der Waals surface area (Å²) in [6.07, 6.45) is 5.11. The lowest BCUT2D eigenvalue weighted by molar-refractivity contribution is -0.763. The molecule has 182 valence electrons. The number of ether oxygens (including phenoxy) is 1. The molecular weight excluding hydrogens is 464 g/mol. The highest BCUT2D eigenvalue weighted by atomic mass is 16.9. The molecular formula is C25H22N6O5. The number of benzene rings is 2. The fraction of sp³-hybridized carbons (Fsp3) is 0.120. The molecule has 36 heavy (non-hydrogen) atoms. The lowest BCUT2D eigenvalue weighted by Crippen LogP contribution is -2.19. The topological polar surface area (TPSA) is 141 Å². The lowest BCUT2D eigenvalue weighted by Gasteiger charge is -2.12. The smallest absolute Gasteiger partial charge is 0.330 e. The van der Waals surface area contributed by atoms with Crippen LogP contribution in [-0.4, -0.2) is 32.6 Å². The van der Waals surface area contributed by atoms with Crippen molar-refractivity contribution in [2.75, 3.05) is 17.2 Å². The average Bonchev–Trinajstić information content (AvgIpc) is 2.89. The van der Waals surface area contributed by atoms with Crippen LogP contribution in [0.3, 0.4) is 0 Å². The van der Waals surface area contributed by atoms with Crippen LogP contribution in [0, 0.1) is 17.0 Å². The first-order valence-corrected chi connectivity index (χ1v) is 10.9. The Morgan fingerprint density at radius 1 is 1.08 bits per heavy atom. The highest BCUT2D eigenvalue weighted by Crippen LogP contribution is 2.24. The molecule has 11 nitrogen and oxygen atoms in total. The molecule has 0 fully saturated rings. The molecule has 2 N–H and O–H groups in total. The van der Waals surface area contributed by atoms with Gasteiger partial charge in [-0.2, -0.15) is 0 Å². The van der Waals surface area contributed by atoms with Crippen LogP contribution in [0.5, 0.6) is 5.75 Å².